The molecule has 6 heteroatoms. The van der Waals surface area contributed by atoms with Crippen molar-refractivity contribution in [3.8, 4) is 5.75 Å². The Kier molecular flexibility index (Phi) is 2.53. The molecule has 0 aliphatic heterocycles. The van der Waals surface area contributed by atoms with E-state index in [1.807, 2.05) is 0 Å². The highest BCUT2D eigenvalue weighted by atomic mass is 32.2. The molecule has 0 atom stereocenters. The van der Waals surface area contributed by atoms with Crippen LogP contribution in [0.4, 0.5) is 0 Å². The molecule has 0 unspecified atom stereocenters. The zero-order valence-electron chi connectivity index (χ0n) is 8.21. The third-order valence-electron chi connectivity index (χ3n) is 2.14. The molecule has 1 aliphatic rings. The molecular formula is C10H9NO4S. The van der Waals surface area contributed by atoms with Crippen molar-refractivity contribution in [2.24, 2.45) is 5.14 Å². The summed E-state index contributed by atoms with van der Waals surface area (Å²) in [6.45, 7) is 0. The molecule has 0 saturated heterocycles. The predicted molar refractivity (Wildman–Crippen MR) is 57.9 cm³/mol. The van der Waals surface area contributed by atoms with E-state index in [1.54, 1.807) is 12.1 Å². The van der Waals surface area contributed by atoms with E-state index < -0.39 is 10.3 Å². The number of fused-ring (bicyclic) bond motifs is 1. The van der Waals surface area contributed by atoms with Gasteiger partial charge in [0.25, 0.3) is 0 Å². The van der Waals surface area contributed by atoms with Gasteiger partial charge in [-0.05, 0) is 29.3 Å². The average Bonchev–Trinajstić information content (AvgIpc) is 2.14. The van der Waals surface area contributed by atoms with Crippen molar-refractivity contribution < 1.29 is 17.4 Å². The standard InChI is InChI=1S/C10H9NO4S/c11-16(13,14)15-10-4-2-7-1-3-9(12)5-8(7)6-10/h1-4,6H,5H2,(H2,11,13,14). The number of carbonyl (C=O) groups excluding carboxylic acids is 1. The molecule has 0 spiro atoms. The fourth-order valence-corrected chi connectivity index (χ4v) is 1.89. The van der Waals surface area contributed by atoms with Gasteiger partial charge in [-0.1, -0.05) is 12.1 Å². The number of carbonyl (C=O) groups is 1. The molecule has 2 N–H and O–H groups in total. The summed E-state index contributed by atoms with van der Waals surface area (Å²) in [6, 6.07) is 4.67. The van der Waals surface area contributed by atoms with Crippen molar-refractivity contribution in [3.63, 3.8) is 0 Å². The molecule has 0 radical (unpaired) electrons. The predicted octanol–water partition coefficient (Wildman–Crippen LogP) is 0.407. The summed E-state index contributed by atoms with van der Waals surface area (Å²) >= 11 is 0. The smallest absolute Gasteiger partial charge is 0.371 e. The zero-order chi connectivity index (χ0) is 11.8. The molecule has 5 nitrogen and oxygen atoms in total. The second-order valence-electron chi connectivity index (χ2n) is 3.41. The van der Waals surface area contributed by atoms with Crippen LogP contribution >= 0.6 is 0 Å². The quantitative estimate of drug-likeness (QED) is 0.809. The molecule has 0 aromatic heterocycles. The van der Waals surface area contributed by atoms with E-state index in [-0.39, 0.29) is 18.0 Å². The van der Waals surface area contributed by atoms with Crippen LogP contribution in [0.2, 0.25) is 0 Å². The number of hydrogen-bond donors (Lipinski definition) is 1. The molecule has 1 aliphatic carbocycles. The first-order chi connectivity index (χ1) is 7.44. The Morgan fingerprint density at radius 2 is 2.00 bits per heavy atom. The second kappa shape index (κ2) is 3.73. The van der Waals surface area contributed by atoms with Crippen molar-refractivity contribution in [1.82, 2.24) is 0 Å². The lowest BCUT2D eigenvalue weighted by atomic mass is 9.96. The average molecular weight is 239 g/mol. The van der Waals surface area contributed by atoms with Gasteiger partial charge in [-0.15, -0.1) is 0 Å². The summed E-state index contributed by atoms with van der Waals surface area (Å²) in [5.74, 6) is 0.0876. The first kappa shape index (κ1) is 10.8. The van der Waals surface area contributed by atoms with Gasteiger partial charge in [0.1, 0.15) is 5.75 Å². The molecular weight excluding hydrogens is 230 g/mol. The van der Waals surface area contributed by atoms with Crippen molar-refractivity contribution in [2.75, 3.05) is 0 Å². The maximum absolute atomic E-state index is 11.2. The second-order valence-corrected chi connectivity index (χ2v) is 4.57. The normalized spacial score (nSPS) is 14.7. The van der Waals surface area contributed by atoms with Gasteiger partial charge in [-0.25, -0.2) is 0 Å². The molecule has 0 saturated carbocycles. The molecule has 1 aromatic carbocycles. The maximum Gasteiger partial charge on any atom is 0.380 e. The lowest BCUT2D eigenvalue weighted by molar-refractivity contribution is -0.114. The monoisotopic (exact) mass is 239 g/mol. The number of allylic oxidation sites excluding steroid dienone is 1. The van der Waals surface area contributed by atoms with Gasteiger partial charge >= 0.3 is 10.3 Å². The summed E-state index contributed by atoms with van der Waals surface area (Å²) in [4.78, 5) is 11.2. The first-order valence-electron chi connectivity index (χ1n) is 4.50. The van der Waals surface area contributed by atoms with Gasteiger partial charge in [0.15, 0.2) is 5.78 Å². The van der Waals surface area contributed by atoms with Crippen molar-refractivity contribution in [1.29, 1.82) is 0 Å². The van der Waals surface area contributed by atoms with E-state index in [4.69, 9.17) is 5.14 Å². The molecule has 16 heavy (non-hydrogen) atoms. The Labute approximate surface area is 92.8 Å². The van der Waals surface area contributed by atoms with Crippen LogP contribution < -0.4 is 9.32 Å². The summed E-state index contributed by atoms with van der Waals surface area (Å²) < 4.78 is 25.9. The Morgan fingerprint density at radius 3 is 2.69 bits per heavy atom. The Balaban J connectivity index is 2.36. The van der Waals surface area contributed by atoms with Gasteiger partial charge in [0.2, 0.25) is 0 Å². The summed E-state index contributed by atoms with van der Waals surface area (Å²) in [5, 5.41) is 4.74. The van der Waals surface area contributed by atoms with E-state index in [0.29, 0.717) is 0 Å². The fraction of sp³-hybridized carbons (Fsp3) is 0.100. The summed E-state index contributed by atoms with van der Waals surface area (Å²) in [7, 11) is -4.02. The zero-order valence-corrected chi connectivity index (χ0v) is 9.03. The third kappa shape index (κ3) is 2.47. The Bertz CT molecular complexity index is 574. The number of nitrogens with two attached hydrogens (primary N) is 1. The van der Waals surface area contributed by atoms with Gasteiger partial charge < -0.3 is 4.18 Å². The van der Waals surface area contributed by atoms with Crippen LogP contribution in [-0.2, 0) is 21.5 Å². The lowest BCUT2D eigenvalue weighted by Crippen LogP contribution is -2.19. The van der Waals surface area contributed by atoms with E-state index >= 15 is 0 Å². The van der Waals surface area contributed by atoms with Gasteiger partial charge in [0.05, 0.1) is 0 Å². The number of hydrogen-bond acceptors (Lipinski definition) is 4. The summed E-state index contributed by atoms with van der Waals surface area (Å²) in [6.07, 6.45) is 3.41. The Hall–Kier alpha value is -1.66. The van der Waals surface area contributed by atoms with Gasteiger partial charge in [-0.2, -0.15) is 13.6 Å². The minimum Gasteiger partial charge on any atom is -0.371 e. The highest BCUT2D eigenvalue weighted by molar-refractivity contribution is 7.84. The third-order valence-corrected chi connectivity index (χ3v) is 2.57. The van der Waals surface area contributed by atoms with Crippen LogP contribution in [0.5, 0.6) is 5.75 Å². The maximum atomic E-state index is 11.2. The lowest BCUT2D eigenvalue weighted by Gasteiger charge is -2.11. The number of ketones is 1. The molecule has 0 heterocycles. The van der Waals surface area contributed by atoms with Crippen LogP contribution in [0.1, 0.15) is 11.1 Å². The number of benzene rings is 1. The minimum absolute atomic E-state index is 0.0275. The van der Waals surface area contributed by atoms with Crippen LogP contribution in [-0.4, -0.2) is 14.2 Å². The van der Waals surface area contributed by atoms with Crippen LogP contribution in [0.15, 0.2) is 24.3 Å². The molecule has 0 bridgehead atoms. The van der Waals surface area contributed by atoms with Crippen LogP contribution in [0.3, 0.4) is 0 Å². The largest absolute Gasteiger partial charge is 0.380 e. The number of rotatable bonds is 2. The van der Waals surface area contributed by atoms with Gasteiger partial charge in [-0.3, -0.25) is 4.79 Å². The molecule has 1 aromatic rings. The molecule has 0 amide bonds. The molecule has 2 rings (SSSR count). The van der Waals surface area contributed by atoms with Crippen molar-refractivity contribution >= 4 is 22.2 Å². The van der Waals surface area contributed by atoms with Crippen LogP contribution in [0, 0.1) is 0 Å². The minimum atomic E-state index is -4.02. The molecule has 84 valence electrons. The fourth-order valence-electron chi connectivity index (χ4n) is 1.51. The van der Waals surface area contributed by atoms with E-state index in [9.17, 15) is 13.2 Å². The molecule has 0 fully saturated rings. The van der Waals surface area contributed by atoms with Crippen LogP contribution in [0.25, 0.3) is 6.08 Å². The topological polar surface area (TPSA) is 86.5 Å². The Morgan fingerprint density at radius 1 is 1.25 bits per heavy atom. The van der Waals surface area contributed by atoms with Gasteiger partial charge in [0, 0.05) is 6.42 Å². The first-order valence-corrected chi connectivity index (χ1v) is 5.97. The summed E-state index contributed by atoms with van der Waals surface area (Å²) in [5.41, 5.74) is 1.61. The highest BCUT2D eigenvalue weighted by Gasteiger charge is 2.13. The van der Waals surface area contributed by atoms with E-state index in [2.05, 4.69) is 4.18 Å². The SMILES string of the molecule is NS(=O)(=O)Oc1ccc2c(c1)CC(=O)C=C2. The van der Waals surface area contributed by atoms with Crippen molar-refractivity contribution in [2.45, 2.75) is 6.42 Å². The van der Waals surface area contributed by atoms with E-state index in [0.717, 1.165) is 11.1 Å². The van der Waals surface area contributed by atoms with E-state index in [1.165, 1.54) is 18.2 Å². The highest BCUT2D eigenvalue weighted by Crippen LogP contribution is 2.23. The van der Waals surface area contributed by atoms with Crippen molar-refractivity contribution in [3.05, 3.63) is 35.4 Å².